The number of anilines is 1. The molecule has 2 aromatic rings. The Hall–Kier alpha value is -3.46. The number of halogens is 1. The Bertz CT molecular complexity index is 1330. The fourth-order valence-electron chi connectivity index (χ4n) is 6.30. The number of esters is 1. The van der Waals surface area contributed by atoms with Gasteiger partial charge in [-0.2, -0.15) is 0 Å². The molecule has 6 atom stereocenters. The van der Waals surface area contributed by atoms with Crippen molar-refractivity contribution in [2.75, 3.05) is 24.7 Å². The molecular formula is C29H27ClN2O6. The Labute approximate surface area is 225 Å². The van der Waals surface area contributed by atoms with Crippen LogP contribution in [0, 0.1) is 11.8 Å². The van der Waals surface area contributed by atoms with Crippen molar-refractivity contribution in [1.29, 1.82) is 0 Å². The standard InChI is InChI=1S/C29H27ClN2O6/c30-19-11-4-5-12-20(19)31-15-8-14-29-24(23-22(38-29)13-6-7-16-37-28(23)36)26(34)32(25(29)27(31)35)21(17-33)18-9-2-1-3-10-18/h1-6,8-14,21-25,33H,7,15-17H2/t21-,22-,23+,24+,25?,29+/m1/s1. The Morgan fingerprint density at radius 3 is 2.55 bits per heavy atom. The highest BCUT2D eigenvalue weighted by atomic mass is 35.5. The summed E-state index contributed by atoms with van der Waals surface area (Å²) in [6.07, 6.45) is 7.01. The summed E-state index contributed by atoms with van der Waals surface area (Å²) < 4.78 is 12.1. The van der Waals surface area contributed by atoms with E-state index in [0.29, 0.717) is 22.7 Å². The molecule has 196 valence electrons. The molecule has 2 amide bonds. The average molecular weight is 535 g/mol. The summed E-state index contributed by atoms with van der Waals surface area (Å²) in [6.45, 7) is -0.0157. The van der Waals surface area contributed by atoms with Crippen LogP contribution in [0.4, 0.5) is 5.69 Å². The third-order valence-electron chi connectivity index (χ3n) is 7.89. The summed E-state index contributed by atoms with van der Waals surface area (Å²) in [5.41, 5.74) is -0.268. The third kappa shape index (κ3) is 3.70. The number of hydrogen-bond donors (Lipinski definition) is 1. The number of amides is 2. The first-order chi connectivity index (χ1) is 18.5. The van der Waals surface area contributed by atoms with Gasteiger partial charge in [0.15, 0.2) is 0 Å². The van der Waals surface area contributed by atoms with E-state index in [0.717, 1.165) is 0 Å². The van der Waals surface area contributed by atoms with Gasteiger partial charge < -0.3 is 24.4 Å². The molecule has 38 heavy (non-hydrogen) atoms. The average Bonchev–Trinajstić information content (AvgIpc) is 3.30. The van der Waals surface area contributed by atoms with Crippen molar-refractivity contribution in [3.8, 4) is 0 Å². The van der Waals surface area contributed by atoms with Gasteiger partial charge in [0.2, 0.25) is 5.91 Å². The number of carbonyl (C=O) groups excluding carboxylic acids is 3. The van der Waals surface area contributed by atoms with E-state index in [2.05, 4.69) is 0 Å². The third-order valence-corrected chi connectivity index (χ3v) is 8.21. The predicted octanol–water partition coefficient (Wildman–Crippen LogP) is 3.06. The van der Waals surface area contributed by atoms with Crippen molar-refractivity contribution in [2.45, 2.75) is 30.2 Å². The van der Waals surface area contributed by atoms with Crippen LogP contribution in [-0.4, -0.2) is 65.3 Å². The molecule has 1 unspecified atom stereocenters. The number of benzene rings is 2. The maximum absolute atomic E-state index is 14.5. The maximum Gasteiger partial charge on any atom is 0.312 e. The first-order valence-electron chi connectivity index (χ1n) is 12.7. The Morgan fingerprint density at radius 1 is 1.03 bits per heavy atom. The van der Waals surface area contributed by atoms with Crippen LogP contribution in [0.1, 0.15) is 18.0 Å². The van der Waals surface area contributed by atoms with Crippen molar-refractivity contribution in [2.24, 2.45) is 11.8 Å². The molecule has 0 aromatic heterocycles. The van der Waals surface area contributed by atoms with E-state index in [9.17, 15) is 19.5 Å². The largest absolute Gasteiger partial charge is 0.465 e. The van der Waals surface area contributed by atoms with E-state index in [1.807, 2.05) is 24.3 Å². The number of cyclic esters (lactones) is 1. The smallest absolute Gasteiger partial charge is 0.312 e. The number of para-hydroxylation sites is 1. The lowest BCUT2D eigenvalue weighted by atomic mass is 9.77. The Balaban J connectivity index is 1.53. The van der Waals surface area contributed by atoms with Crippen molar-refractivity contribution in [3.05, 3.63) is 89.5 Å². The molecular weight excluding hydrogens is 508 g/mol. The van der Waals surface area contributed by atoms with Crippen molar-refractivity contribution < 1.29 is 29.0 Å². The molecule has 4 aliphatic heterocycles. The van der Waals surface area contributed by atoms with Gasteiger partial charge >= 0.3 is 5.97 Å². The van der Waals surface area contributed by atoms with Crippen molar-refractivity contribution >= 4 is 35.1 Å². The van der Waals surface area contributed by atoms with E-state index in [4.69, 9.17) is 21.1 Å². The zero-order valence-electron chi connectivity index (χ0n) is 20.5. The van der Waals surface area contributed by atoms with Gasteiger partial charge in [-0.1, -0.05) is 78.4 Å². The van der Waals surface area contributed by atoms with E-state index >= 15 is 0 Å². The lowest BCUT2D eigenvalue weighted by Crippen LogP contribution is -2.56. The summed E-state index contributed by atoms with van der Waals surface area (Å²) in [4.78, 5) is 45.0. The summed E-state index contributed by atoms with van der Waals surface area (Å²) in [7, 11) is 0. The van der Waals surface area contributed by atoms with E-state index in [1.165, 1.54) is 9.80 Å². The number of nitrogens with zero attached hydrogens (tertiary/aromatic N) is 2. The lowest BCUT2D eigenvalue weighted by Gasteiger charge is -2.38. The summed E-state index contributed by atoms with van der Waals surface area (Å²) in [5, 5.41) is 10.9. The van der Waals surface area contributed by atoms with Crippen LogP contribution in [0.25, 0.3) is 0 Å². The second kappa shape index (κ2) is 9.69. The molecule has 6 rings (SSSR count). The molecule has 1 N–H and O–H groups in total. The minimum atomic E-state index is -1.44. The first kappa shape index (κ1) is 24.9. The molecule has 1 spiro atoms. The molecule has 0 saturated carbocycles. The van der Waals surface area contributed by atoms with Crippen LogP contribution in [0.2, 0.25) is 5.02 Å². The fraction of sp³-hybridized carbons (Fsp3) is 0.345. The summed E-state index contributed by atoms with van der Waals surface area (Å²) >= 11 is 6.49. The van der Waals surface area contributed by atoms with E-state index < -0.39 is 60.0 Å². The highest BCUT2D eigenvalue weighted by molar-refractivity contribution is 6.34. The lowest BCUT2D eigenvalue weighted by molar-refractivity contribution is -0.155. The normalized spacial score (nSPS) is 31.2. The number of aliphatic hydroxyl groups excluding tert-OH is 1. The van der Waals surface area contributed by atoms with Gasteiger partial charge in [-0.25, -0.2) is 0 Å². The maximum atomic E-state index is 14.5. The zero-order valence-corrected chi connectivity index (χ0v) is 21.2. The molecule has 4 heterocycles. The van der Waals surface area contributed by atoms with Gasteiger partial charge in [0, 0.05) is 6.54 Å². The van der Waals surface area contributed by atoms with E-state index in [1.54, 1.807) is 54.6 Å². The first-order valence-corrected chi connectivity index (χ1v) is 13.1. The van der Waals surface area contributed by atoms with Gasteiger partial charge in [-0.15, -0.1) is 0 Å². The fourth-order valence-corrected chi connectivity index (χ4v) is 6.54. The van der Waals surface area contributed by atoms with Gasteiger partial charge in [0.1, 0.15) is 17.6 Å². The molecule has 4 aliphatic rings. The molecule has 2 fully saturated rings. The van der Waals surface area contributed by atoms with Crippen LogP contribution in [0.15, 0.2) is 78.9 Å². The second-order valence-electron chi connectivity index (χ2n) is 9.88. The SMILES string of the molecule is O=C1OCCC=C[C@H]2O[C@]34C=CCN(c5ccccc5Cl)C(=O)C3N([C@H](CO)c3ccccc3)C(=O)[C@@H]4[C@@H]12. The molecule has 0 radical (unpaired) electrons. The van der Waals surface area contributed by atoms with Crippen LogP contribution in [-0.2, 0) is 23.9 Å². The highest BCUT2D eigenvalue weighted by Crippen LogP contribution is 2.55. The molecule has 2 aromatic carbocycles. The number of ether oxygens (including phenoxy) is 2. The number of aliphatic hydroxyl groups is 1. The van der Waals surface area contributed by atoms with Crippen LogP contribution in [0.5, 0.6) is 0 Å². The Kier molecular flexibility index (Phi) is 6.34. The number of rotatable bonds is 4. The van der Waals surface area contributed by atoms with Gasteiger partial charge in [0.25, 0.3) is 5.91 Å². The van der Waals surface area contributed by atoms with E-state index in [-0.39, 0.29) is 13.2 Å². The molecule has 9 heteroatoms. The number of fused-ring (bicyclic) bond motifs is 2. The highest BCUT2D eigenvalue weighted by Gasteiger charge is 2.72. The van der Waals surface area contributed by atoms with Crippen LogP contribution in [0.3, 0.4) is 0 Å². The van der Waals surface area contributed by atoms with Gasteiger partial charge in [-0.05, 0) is 24.1 Å². The number of hydrogen-bond acceptors (Lipinski definition) is 6. The van der Waals surface area contributed by atoms with Crippen molar-refractivity contribution in [1.82, 2.24) is 4.90 Å². The minimum absolute atomic E-state index is 0.198. The topological polar surface area (TPSA) is 96.4 Å². The number of likely N-dealkylation sites (tertiary alicyclic amines) is 1. The van der Waals surface area contributed by atoms with Crippen LogP contribution < -0.4 is 4.90 Å². The summed E-state index contributed by atoms with van der Waals surface area (Å²) in [6, 6.07) is 14.1. The predicted molar refractivity (Wildman–Crippen MR) is 139 cm³/mol. The monoisotopic (exact) mass is 534 g/mol. The minimum Gasteiger partial charge on any atom is -0.465 e. The quantitative estimate of drug-likeness (QED) is 0.478. The number of carbonyl (C=O) groups is 3. The van der Waals surface area contributed by atoms with Crippen LogP contribution >= 0.6 is 11.6 Å². The molecule has 8 nitrogen and oxygen atoms in total. The molecule has 0 bridgehead atoms. The van der Waals surface area contributed by atoms with Gasteiger partial charge in [-0.3, -0.25) is 14.4 Å². The van der Waals surface area contributed by atoms with Crippen molar-refractivity contribution in [3.63, 3.8) is 0 Å². The second-order valence-corrected chi connectivity index (χ2v) is 10.3. The van der Waals surface area contributed by atoms with Gasteiger partial charge in [0.05, 0.1) is 42.0 Å². The molecule has 2 saturated heterocycles. The zero-order chi connectivity index (χ0) is 26.4. The summed E-state index contributed by atoms with van der Waals surface area (Å²) in [5.74, 6) is -3.29. The molecule has 0 aliphatic carbocycles. The Morgan fingerprint density at radius 2 is 1.79 bits per heavy atom.